The summed E-state index contributed by atoms with van der Waals surface area (Å²) in [5.74, 6) is 0.349. The van der Waals surface area contributed by atoms with Crippen LogP contribution in [0.4, 0.5) is 0 Å². The molecule has 0 aliphatic heterocycles. The van der Waals surface area contributed by atoms with Gasteiger partial charge in [0, 0.05) is 0 Å². The molecule has 0 radical (unpaired) electrons. The van der Waals surface area contributed by atoms with E-state index in [4.69, 9.17) is 9.47 Å². The zero-order chi connectivity index (χ0) is 15.6. The van der Waals surface area contributed by atoms with E-state index in [0.29, 0.717) is 0 Å². The van der Waals surface area contributed by atoms with E-state index in [0.717, 1.165) is 22.1 Å². The lowest BCUT2D eigenvalue weighted by Crippen LogP contribution is -2.26. The highest BCUT2D eigenvalue weighted by Crippen LogP contribution is 2.26. The fraction of sp³-hybridized carbons (Fsp3) is 0.389. The fourth-order valence-corrected chi connectivity index (χ4v) is 2.16. The van der Waals surface area contributed by atoms with Gasteiger partial charge in [-0.15, -0.1) is 0 Å². The van der Waals surface area contributed by atoms with Crippen LogP contribution in [-0.2, 0) is 9.53 Å². The van der Waals surface area contributed by atoms with E-state index in [9.17, 15) is 4.79 Å². The summed E-state index contributed by atoms with van der Waals surface area (Å²) in [4.78, 5) is 12.2. The molecule has 2 aromatic carbocycles. The Bertz CT molecular complexity index is 653. The van der Waals surface area contributed by atoms with Gasteiger partial charge in [-0.05, 0) is 56.2 Å². The maximum Gasteiger partial charge on any atom is 0.313 e. The van der Waals surface area contributed by atoms with E-state index in [1.165, 1.54) is 0 Å². The predicted molar refractivity (Wildman–Crippen MR) is 84.8 cm³/mol. The number of hydrogen-bond acceptors (Lipinski definition) is 3. The summed E-state index contributed by atoms with van der Waals surface area (Å²) in [7, 11) is 1.65. The molecule has 0 aliphatic rings. The molecule has 0 bridgehead atoms. The molecule has 2 rings (SSSR count). The first-order valence-electron chi connectivity index (χ1n) is 7.11. The van der Waals surface area contributed by atoms with Crippen LogP contribution in [0.5, 0.6) is 5.75 Å². The Balaban J connectivity index is 2.28. The number of esters is 1. The smallest absolute Gasteiger partial charge is 0.313 e. The first kappa shape index (κ1) is 15.4. The van der Waals surface area contributed by atoms with Crippen LogP contribution in [0.15, 0.2) is 36.4 Å². The van der Waals surface area contributed by atoms with E-state index >= 15 is 0 Å². The van der Waals surface area contributed by atoms with Gasteiger partial charge in [0.25, 0.3) is 0 Å². The highest BCUT2D eigenvalue weighted by Gasteiger charge is 2.23. The standard InChI is InChI=1S/C18H22O3/c1-12(17(19)21-18(2,3)4)13-6-7-15-11-16(20-5)9-8-14(15)10-13/h6-12H,1-5H3/t12-/m1/s1. The number of benzene rings is 2. The Hall–Kier alpha value is -2.03. The molecule has 0 unspecified atom stereocenters. The number of rotatable bonds is 3. The number of carbonyl (C=O) groups is 1. The number of fused-ring (bicyclic) bond motifs is 1. The SMILES string of the molecule is COc1ccc2cc([C@@H](C)C(=O)OC(C)(C)C)ccc2c1. The molecule has 2 aromatic rings. The number of carbonyl (C=O) groups excluding carboxylic acids is 1. The molecule has 112 valence electrons. The molecule has 0 spiro atoms. The van der Waals surface area contributed by atoms with Crippen LogP contribution in [0.3, 0.4) is 0 Å². The minimum atomic E-state index is -0.463. The first-order chi connectivity index (χ1) is 9.80. The number of ether oxygens (including phenoxy) is 2. The number of methoxy groups -OCH3 is 1. The van der Waals surface area contributed by atoms with Crippen LogP contribution in [0, 0.1) is 0 Å². The van der Waals surface area contributed by atoms with E-state index in [1.807, 2.05) is 64.1 Å². The molecule has 0 aliphatic carbocycles. The minimum absolute atomic E-state index is 0.199. The molecule has 3 nitrogen and oxygen atoms in total. The van der Waals surface area contributed by atoms with Gasteiger partial charge in [0.1, 0.15) is 11.4 Å². The maximum atomic E-state index is 12.2. The van der Waals surface area contributed by atoms with Crippen molar-refractivity contribution in [3.05, 3.63) is 42.0 Å². The monoisotopic (exact) mass is 286 g/mol. The van der Waals surface area contributed by atoms with Crippen LogP contribution in [0.2, 0.25) is 0 Å². The van der Waals surface area contributed by atoms with E-state index in [2.05, 4.69) is 0 Å². The van der Waals surface area contributed by atoms with Crippen molar-refractivity contribution < 1.29 is 14.3 Å². The zero-order valence-corrected chi connectivity index (χ0v) is 13.3. The average molecular weight is 286 g/mol. The van der Waals surface area contributed by atoms with Crippen molar-refractivity contribution in [2.45, 2.75) is 39.2 Å². The van der Waals surface area contributed by atoms with Gasteiger partial charge >= 0.3 is 5.97 Å². The second-order valence-electron chi connectivity index (χ2n) is 6.23. The predicted octanol–water partition coefficient (Wildman–Crippen LogP) is 4.29. The third-order valence-corrected chi connectivity index (χ3v) is 3.33. The van der Waals surface area contributed by atoms with Crippen LogP contribution in [0.25, 0.3) is 10.8 Å². The van der Waals surface area contributed by atoms with Gasteiger partial charge in [-0.3, -0.25) is 4.79 Å². The van der Waals surface area contributed by atoms with Gasteiger partial charge in [0.2, 0.25) is 0 Å². The third kappa shape index (κ3) is 3.75. The molecule has 1 atom stereocenters. The largest absolute Gasteiger partial charge is 0.497 e. The van der Waals surface area contributed by atoms with E-state index in [-0.39, 0.29) is 11.9 Å². The van der Waals surface area contributed by atoms with Gasteiger partial charge in [-0.1, -0.05) is 24.3 Å². The molecular formula is C18H22O3. The van der Waals surface area contributed by atoms with Crippen molar-refractivity contribution >= 4 is 16.7 Å². The van der Waals surface area contributed by atoms with Crippen LogP contribution >= 0.6 is 0 Å². The summed E-state index contributed by atoms with van der Waals surface area (Å²) in [5, 5.41) is 2.18. The molecule has 3 heteroatoms. The lowest BCUT2D eigenvalue weighted by molar-refractivity contribution is -0.156. The van der Waals surface area contributed by atoms with E-state index in [1.54, 1.807) is 7.11 Å². The molecule has 0 saturated heterocycles. The molecule has 0 saturated carbocycles. The topological polar surface area (TPSA) is 35.5 Å². The minimum Gasteiger partial charge on any atom is -0.497 e. The Morgan fingerprint density at radius 1 is 1.05 bits per heavy atom. The van der Waals surface area contributed by atoms with Crippen molar-refractivity contribution in [2.24, 2.45) is 0 Å². The summed E-state index contributed by atoms with van der Waals surface area (Å²) in [6.45, 7) is 7.51. The van der Waals surface area contributed by atoms with Crippen molar-refractivity contribution in [1.82, 2.24) is 0 Å². The van der Waals surface area contributed by atoms with Crippen molar-refractivity contribution in [2.75, 3.05) is 7.11 Å². The highest BCUT2D eigenvalue weighted by molar-refractivity contribution is 5.86. The summed E-state index contributed by atoms with van der Waals surface area (Å²) < 4.78 is 10.7. The van der Waals surface area contributed by atoms with Crippen LogP contribution < -0.4 is 4.74 Å². The second-order valence-corrected chi connectivity index (χ2v) is 6.23. The highest BCUT2D eigenvalue weighted by atomic mass is 16.6. The Labute approximate surface area is 125 Å². The molecule has 0 heterocycles. The first-order valence-corrected chi connectivity index (χ1v) is 7.11. The van der Waals surface area contributed by atoms with Crippen LogP contribution in [0.1, 0.15) is 39.2 Å². The molecule has 0 amide bonds. The van der Waals surface area contributed by atoms with Gasteiger partial charge in [0.15, 0.2) is 0 Å². The lowest BCUT2D eigenvalue weighted by Gasteiger charge is -2.22. The van der Waals surface area contributed by atoms with Crippen molar-refractivity contribution in [3.63, 3.8) is 0 Å². The molecular weight excluding hydrogens is 264 g/mol. The fourth-order valence-electron chi connectivity index (χ4n) is 2.16. The van der Waals surface area contributed by atoms with Gasteiger partial charge in [0.05, 0.1) is 13.0 Å². The number of hydrogen-bond donors (Lipinski definition) is 0. The Morgan fingerprint density at radius 2 is 1.67 bits per heavy atom. The average Bonchev–Trinajstić information content (AvgIpc) is 2.43. The van der Waals surface area contributed by atoms with Gasteiger partial charge in [-0.25, -0.2) is 0 Å². The second kappa shape index (κ2) is 5.76. The normalized spacial score (nSPS) is 13.0. The molecule has 0 N–H and O–H groups in total. The van der Waals surface area contributed by atoms with Gasteiger partial charge < -0.3 is 9.47 Å². The maximum absolute atomic E-state index is 12.2. The zero-order valence-electron chi connectivity index (χ0n) is 13.3. The molecule has 0 fully saturated rings. The summed E-state index contributed by atoms with van der Waals surface area (Å²) >= 11 is 0. The van der Waals surface area contributed by atoms with Crippen LogP contribution in [-0.4, -0.2) is 18.7 Å². The third-order valence-electron chi connectivity index (χ3n) is 3.33. The van der Waals surface area contributed by atoms with Gasteiger partial charge in [-0.2, -0.15) is 0 Å². The summed E-state index contributed by atoms with van der Waals surface area (Å²) in [6, 6.07) is 11.9. The van der Waals surface area contributed by atoms with Crippen molar-refractivity contribution in [3.8, 4) is 5.75 Å². The Morgan fingerprint density at radius 3 is 2.29 bits per heavy atom. The molecule has 21 heavy (non-hydrogen) atoms. The van der Waals surface area contributed by atoms with E-state index < -0.39 is 5.60 Å². The molecule has 0 aromatic heterocycles. The lowest BCUT2D eigenvalue weighted by atomic mass is 9.97. The Kier molecular flexibility index (Phi) is 4.21. The quantitative estimate of drug-likeness (QED) is 0.789. The van der Waals surface area contributed by atoms with Crippen molar-refractivity contribution in [1.29, 1.82) is 0 Å². The summed E-state index contributed by atoms with van der Waals surface area (Å²) in [5.41, 5.74) is 0.497. The summed E-state index contributed by atoms with van der Waals surface area (Å²) in [6.07, 6.45) is 0.